The van der Waals surface area contributed by atoms with E-state index < -0.39 is 4.11 Å². The monoisotopic (exact) mass is 214 g/mol. The van der Waals surface area contributed by atoms with E-state index in [-0.39, 0.29) is 12.2 Å². The van der Waals surface area contributed by atoms with Crippen molar-refractivity contribution in [2.24, 2.45) is 0 Å². The maximum Gasteiger partial charge on any atom is 0.133 e. The van der Waals surface area contributed by atoms with Gasteiger partial charge in [-0.1, -0.05) is 22.6 Å². The predicted octanol–water partition coefficient (Wildman–Crippen LogP) is 0.719. The number of hydrogen-bond acceptors (Lipinski definition) is 2. The lowest BCUT2D eigenvalue weighted by molar-refractivity contribution is -0.117. The van der Waals surface area contributed by atoms with Gasteiger partial charge in [-0.05, 0) is 6.92 Å². The lowest BCUT2D eigenvalue weighted by atomic mass is 10.3. The Hall–Kier alpha value is 0.360. The topological polar surface area (TPSA) is 37.3 Å². The molecule has 0 heterocycles. The van der Waals surface area contributed by atoms with Gasteiger partial charge in [0.15, 0.2) is 0 Å². The molecular weight excluding hydrogens is 207 g/mol. The standard InChI is InChI=1S/C4H7IO2/c1-3(6)2-4(5)7/h4,7H,2H2,1H3. The molecule has 0 aromatic heterocycles. The number of hydrogen-bond donors (Lipinski definition) is 1. The van der Waals surface area contributed by atoms with Crippen LogP contribution < -0.4 is 0 Å². The Morgan fingerprint density at radius 2 is 2.43 bits per heavy atom. The molecule has 2 nitrogen and oxygen atoms in total. The second kappa shape index (κ2) is 3.37. The van der Waals surface area contributed by atoms with E-state index in [1.165, 1.54) is 6.92 Å². The SMILES string of the molecule is CC(=O)CC(O)I. The molecule has 0 aromatic rings. The third kappa shape index (κ3) is 6.36. The quantitative estimate of drug-likeness (QED) is 0.543. The first-order chi connectivity index (χ1) is 3.13. The Morgan fingerprint density at radius 1 is 2.00 bits per heavy atom. The second-order valence-corrected chi connectivity index (χ2v) is 2.78. The summed E-state index contributed by atoms with van der Waals surface area (Å²) < 4.78 is -0.505. The molecule has 0 aromatic carbocycles. The molecule has 7 heavy (non-hydrogen) atoms. The number of alkyl halides is 1. The highest BCUT2D eigenvalue weighted by Crippen LogP contribution is 1.99. The van der Waals surface area contributed by atoms with Gasteiger partial charge in [-0.25, -0.2) is 0 Å². The van der Waals surface area contributed by atoms with Crippen molar-refractivity contribution in [2.75, 3.05) is 0 Å². The van der Waals surface area contributed by atoms with Gasteiger partial charge in [0.25, 0.3) is 0 Å². The van der Waals surface area contributed by atoms with Gasteiger partial charge in [0.05, 0.1) is 0 Å². The molecule has 0 fully saturated rings. The Morgan fingerprint density at radius 3 is 2.43 bits per heavy atom. The van der Waals surface area contributed by atoms with Gasteiger partial charge >= 0.3 is 0 Å². The number of aliphatic hydroxyl groups excluding tert-OH is 1. The number of halogens is 1. The molecule has 0 aliphatic heterocycles. The van der Waals surface area contributed by atoms with E-state index in [1.807, 2.05) is 0 Å². The van der Waals surface area contributed by atoms with Crippen molar-refractivity contribution < 1.29 is 9.90 Å². The molecule has 0 rings (SSSR count). The average Bonchev–Trinajstić information content (AvgIpc) is 1.27. The minimum absolute atomic E-state index is 0.0295. The summed E-state index contributed by atoms with van der Waals surface area (Å²) in [6.07, 6.45) is 0.264. The van der Waals surface area contributed by atoms with Crippen LogP contribution in [0.1, 0.15) is 13.3 Å². The van der Waals surface area contributed by atoms with Crippen LogP contribution in [0.25, 0.3) is 0 Å². The van der Waals surface area contributed by atoms with Crippen molar-refractivity contribution in [1.29, 1.82) is 0 Å². The number of carbonyl (C=O) groups is 1. The molecule has 0 aliphatic rings. The Labute approximate surface area is 56.1 Å². The van der Waals surface area contributed by atoms with E-state index in [0.29, 0.717) is 0 Å². The summed E-state index contributed by atoms with van der Waals surface area (Å²) >= 11 is 1.79. The highest BCUT2D eigenvalue weighted by Gasteiger charge is 1.98. The van der Waals surface area contributed by atoms with Gasteiger partial charge in [0.1, 0.15) is 9.89 Å². The van der Waals surface area contributed by atoms with Crippen molar-refractivity contribution in [3.8, 4) is 0 Å². The minimum atomic E-state index is -0.505. The number of aliphatic hydroxyl groups is 1. The summed E-state index contributed by atoms with van der Waals surface area (Å²) in [6, 6.07) is 0. The first-order valence-electron chi connectivity index (χ1n) is 1.94. The molecular formula is C4H7IO2. The van der Waals surface area contributed by atoms with Crippen LogP contribution in [0.3, 0.4) is 0 Å². The van der Waals surface area contributed by atoms with Crippen molar-refractivity contribution in [3.63, 3.8) is 0 Å². The van der Waals surface area contributed by atoms with Gasteiger partial charge in [0, 0.05) is 6.42 Å². The van der Waals surface area contributed by atoms with Crippen molar-refractivity contribution in [1.82, 2.24) is 0 Å². The number of ketones is 1. The lowest BCUT2D eigenvalue weighted by Crippen LogP contribution is -2.01. The van der Waals surface area contributed by atoms with Gasteiger partial charge in [-0.2, -0.15) is 0 Å². The number of carbonyl (C=O) groups excluding carboxylic acids is 1. The third-order valence-electron chi connectivity index (χ3n) is 0.456. The second-order valence-electron chi connectivity index (χ2n) is 1.34. The molecule has 0 aliphatic carbocycles. The zero-order valence-electron chi connectivity index (χ0n) is 4.02. The van der Waals surface area contributed by atoms with Crippen LogP contribution in [0.4, 0.5) is 0 Å². The average molecular weight is 214 g/mol. The molecule has 0 saturated carbocycles. The zero-order chi connectivity index (χ0) is 5.86. The molecule has 1 N–H and O–H groups in total. The smallest absolute Gasteiger partial charge is 0.133 e. The van der Waals surface area contributed by atoms with Crippen molar-refractivity contribution >= 4 is 28.4 Å². The van der Waals surface area contributed by atoms with E-state index in [9.17, 15) is 4.79 Å². The Balaban J connectivity index is 3.13. The van der Waals surface area contributed by atoms with E-state index in [1.54, 1.807) is 22.6 Å². The predicted molar refractivity (Wildman–Crippen MR) is 35.3 cm³/mol. The maximum atomic E-state index is 10.1. The number of Topliss-reactive ketones (excluding diaryl/α,β-unsaturated/α-hetero) is 1. The highest BCUT2D eigenvalue weighted by molar-refractivity contribution is 14.1. The fourth-order valence-corrected chi connectivity index (χ4v) is 0.857. The fraction of sp³-hybridized carbons (Fsp3) is 0.750. The zero-order valence-corrected chi connectivity index (χ0v) is 6.18. The van der Waals surface area contributed by atoms with Crippen LogP contribution >= 0.6 is 22.6 Å². The summed E-state index contributed by atoms with van der Waals surface area (Å²) in [5.74, 6) is 0.0295. The first-order valence-corrected chi connectivity index (χ1v) is 3.19. The van der Waals surface area contributed by atoms with E-state index in [4.69, 9.17) is 5.11 Å². The molecule has 3 heteroatoms. The minimum Gasteiger partial charge on any atom is -0.382 e. The Kier molecular flexibility index (Phi) is 3.55. The molecule has 1 unspecified atom stereocenters. The summed E-state index contributed by atoms with van der Waals surface area (Å²) in [6.45, 7) is 1.46. The summed E-state index contributed by atoms with van der Waals surface area (Å²) in [5.41, 5.74) is 0. The van der Waals surface area contributed by atoms with Gasteiger partial charge < -0.3 is 5.11 Å². The molecule has 1 atom stereocenters. The van der Waals surface area contributed by atoms with Gasteiger partial charge in [0.2, 0.25) is 0 Å². The van der Waals surface area contributed by atoms with Crippen LogP contribution in [0.5, 0.6) is 0 Å². The van der Waals surface area contributed by atoms with E-state index in [2.05, 4.69) is 0 Å². The molecule has 0 radical (unpaired) electrons. The van der Waals surface area contributed by atoms with Crippen molar-refractivity contribution in [3.05, 3.63) is 0 Å². The van der Waals surface area contributed by atoms with Crippen LogP contribution in [-0.4, -0.2) is 15.0 Å². The van der Waals surface area contributed by atoms with Gasteiger partial charge in [-0.15, -0.1) is 0 Å². The molecule has 42 valence electrons. The molecule has 0 saturated heterocycles. The summed E-state index contributed by atoms with van der Waals surface area (Å²) in [4.78, 5) is 10.1. The normalized spacial score (nSPS) is 13.6. The molecule has 0 amide bonds. The van der Waals surface area contributed by atoms with Crippen LogP contribution in [0, 0.1) is 0 Å². The first kappa shape index (κ1) is 7.36. The largest absolute Gasteiger partial charge is 0.382 e. The van der Waals surface area contributed by atoms with E-state index >= 15 is 0 Å². The van der Waals surface area contributed by atoms with Gasteiger partial charge in [-0.3, -0.25) is 4.79 Å². The van der Waals surface area contributed by atoms with Crippen LogP contribution in [0.2, 0.25) is 0 Å². The highest BCUT2D eigenvalue weighted by atomic mass is 127. The summed E-state index contributed by atoms with van der Waals surface area (Å²) in [7, 11) is 0. The fourth-order valence-electron chi connectivity index (χ4n) is 0.237. The maximum absolute atomic E-state index is 10.1. The molecule has 0 spiro atoms. The molecule has 0 bridgehead atoms. The van der Waals surface area contributed by atoms with Crippen molar-refractivity contribution in [2.45, 2.75) is 17.5 Å². The van der Waals surface area contributed by atoms with E-state index in [0.717, 1.165) is 0 Å². The van der Waals surface area contributed by atoms with Crippen LogP contribution in [0.15, 0.2) is 0 Å². The summed E-state index contributed by atoms with van der Waals surface area (Å²) in [5, 5.41) is 8.49. The lowest BCUT2D eigenvalue weighted by Gasteiger charge is -1.93. The Bertz CT molecular complexity index is 70.1. The van der Waals surface area contributed by atoms with Crippen LogP contribution in [-0.2, 0) is 4.79 Å². The third-order valence-corrected chi connectivity index (χ3v) is 0.896. The number of rotatable bonds is 2.